The van der Waals surface area contributed by atoms with E-state index in [9.17, 15) is 0 Å². The van der Waals surface area contributed by atoms with Crippen molar-refractivity contribution >= 4 is 21.6 Å². The van der Waals surface area contributed by atoms with Crippen LogP contribution >= 0.6 is 15.9 Å². The predicted molar refractivity (Wildman–Crippen MR) is 74.3 cm³/mol. The van der Waals surface area contributed by atoms with Crippen molar-refractivity contribution in [3.05, 3.63) is 41.1 Å². The highest BCUT2D eigenvalue weighted by Crippen LogP contribution is 2.25. The van der Waals surface area contributed by atoms with Crippen LogP contribution in [0.2, 0.25) is 0 Å². The molecule has 1 aromatic carbocycles. The maximum absolute atomic E-state index is 5.38. The lowest BCUT2D eigenvalue weighted by molar-refractivity contribution is 0.122. The molecular formula is C13H14BrN3O. The van der Waals surface area contributed by atoms with Crippen LogP contribution in [0.3, 0.4) is 0 Å². The average Bonchev–Trinajstić information content (AvgIpc) is 2.93. The Morgan fingerprint density at radius 3 is 2.61 bits per heavy atom. The molecular weight excluding hydrogens is 294 g/mol. The third-order valence-electron chi connectivity index (χ3n) is 3.01. The molecule has 3 rings (SSSR count). The fourth-order valence-corrected chi connectivity index (χ4v) is 2.59. The standard InChI is InChI=1S/C13H14BrN3O/c14-11-8-12(16-4-6-18-7-5-16)10-13(9-11)17-3-1-2-15-17/h1-3,8-10H,4-7H2. The summed E-state index contributed by atoms with van der Waals surface area (Å²) < 4.78 is 8.32. The van der Waals surface area contributed by atoms with Crippen molar-refractivity contribution in [3.8, 4) is 5.69 Å². The molecule has 0 unspecified atom stereocenters. The number of ether oxygens (including phenoxy) is 1. The van der Waals surface area contributed by atoms with Gasteiger partial charge in [0.1, 0.15) is 0 Å². The number of aromatic nitrogens is 2. The molecule has 18 heavy (non-hydrogen) atoms. The quantitative estimate of drug-likeness (QED) is 0.854. The molecule has 1 fully saturated rings. The highest BCUT2D eigenvalue weighted by molar-refractivity contribution is 9.10. The molecule has 94 valence electrons. The van der Waals surface area contributed by atoms with E-state index in [1.54, 1.807) is 6.20 Å². The molecule has 4 nitrogen and oxygen atoms in total. The van der Waals surface area contributed by atoms with Crippen molar-refractivity contribution < 1.29 is 4.74 Å². The van der Waals surface area contributed by atoms with Gasteiger partial charge in [-0.1, -0.05) is 15.9 Å². The highest BCUT2D eigenvalue weighted by Gasteiger charge is 2.12. The van der Waals surface area contributed by atoms with Crippen LogP contribution in [0, 0.1) is 0 Å². The first-order valence-electron chi connectivity index (χ1n) is 5.96. The predicted octanol–water partition coefficient (Wildman–Crippen LogP) is 2.47. The summed E-state index contributed by atoms with van der Waals surface area (Å²) in [6.07, 6.45) is 3.74. The van der Waals surface area contributed by atoms with Crippen molar-refractivity contribution in [1.29, 1.82) is 0 Å². The lowest BCUT2D eigenvalue weighted by Crippen LogP contribution is -2.36. The normalized spacial score (nSPS) is 15.9. The monoisotopic (exact) mass is 307 g/mol. The fourth-order valence-electron chi connectivity index (χ4n) is 2.12. The second kappa shape index (κ2) is 5.12. The second-order valence-electron chi connectivity index (χ2n) is 4.22. The molecule has 1 saturated heterocycles. The topological polar surface area (TPSA) is 30.3 Å². The van der Waals surface area contributed by atoms with E-state index in [4.69, 9.17) is 4.74 Å². The van der Waals surface area contributed by atoms with E-state index in [2.05, 4.69) is 44.1 Å². The summed E-state index contributed by atoms with van der Waals surface area (Å²) in [4.78, 5) is 2.33. The van der Waals surface area contributed by atoms with Crippen LogP contribution in [0.1, 0.15) is 0 Å². The van der Waals surface area contributed by atoms with E-state index in [0.717, 1.165) is 36.5 Å². The average molecular weight is 308 g/mol. The van der Waals surface area contributed by atoms with Crippen LogP contribution in [0.15, 0.2) is 41.1 Å². The highest BCUT2D eigenvalue weighted by atomic mass is 79.9. The lowest BCUT2D eigenvalue weighted by atomic mass is 10.2. The zero-order valence-corrected chi connectivity index (χ0v) is 11.5. The Kier molecular flexibility index (Phi) is 3.34. The molecule has 0 bridgehead atoms. The minimum absolute atomic E-state index is 0.795. The molecule has 1 aromatic heterocycles. The van der Waals surface area contributed by atoms with E-state index in [-0.39, 0.29) is 0 Å². The van der Waals surface area contributed by atoms with E-state index in [1.807, 2.05) is 16.9 Å². The van der Waals surface area contributed by atoms with Crippen molar-refractivity contribution in [2.24, 2.45) is 0 Å². The third-order valence-corrected chi connectivity index (χ3v) is 3.47. The Labute approximate surface area is 114 Å². The third kappa shape index (κ3) is 2.42. The van der Waals surface area contributed by atoms with Gasteiger partial charge in [-0.3, -0.25) is 0 Å². The number of anilines is 1. The smallest absolute Gasteiger partial charge is 0.0677 e. The van der Waals surface area contributed by atoms with Crippen LogP contribution < -0.4 is 4.90 Å². The number of benzene rings is 1. The molecule has 1 aliphatic heterocycles. The number of morpholine rings is 1. The number of hydrogen-bond donors (Lipinski definition) is 0. The van der Waals surface area contributed by atoms with Gasteiger partial charge in [-0.05, 0) is 24.3 Å². The summed E-state index contributed by atoms with van der Waals surface area (Å²) in [5.74, 6) is 0. The first-order chi connectivity index (χ1) is 8.83. The summed E-state index contributed by atoms with van der Waals surface area (Å²) in [5, 5.41) is 4.27. The van der Waals surface area contributed by atoms with Gasteiger partial charge in [-0.25, -0.2) is 4.68 Å². The van der Waals surface area contributed by atoms with Gasteiger partial charge < -0.3 is 9.64 Å². The summed E-state index contributed by atoms with van der Waals surface area (Å²) >= 11 is 3.57. The van der Waals surface area contributed by atoms with Crippen LogP contribution in [0.4, 0.5) is 5.69 Å². The summed E-state index contributed by atoms with van der Waals surface area (Å²) in [7, 11) is 0. The summed E-state index contributed by atoms with van der Waals surface area (Å²) in [5.41, 5.74) is 2.27. The van der Waals surface area contributed by atoms with Crippen LogP contribution in [-0.4, -0.2) is 36.1 Å². The lowest BCUT2D eigenvalue weighted by Gasteiger charge is -2.29. The van der Waals surface area contributed by atoms with Crippen molar-refractivity contribution in [2.75, 3.05) is 31.2 Å². The molecule has 0 radical (unpaired) electrons. The Balaban J connectivity index is 1.95. The number of rotatable bonds is 2. The summed E-state index contributed by atoms with van der Waals surface area (Å²) in [6, 6.07) is 8.29. The van der Waals surface area contributed by atoms with Gasteiger partial charge in [0.2, 0.25) is 0 Å². The minimum atomic E-state index is 0.795. The van der Waals surface area contributed by atoms with Crippen molar-refractivity contribution in [1.82, 2.24) is 9.78 Å². The molecule has 1 aliphatic rings. The van der Waals surface area contributed by atoms with Crippen LogP contribution in [0.25, 0.3) is 5.69 Å². The van der Waals surface area contributed by atoms with Gasteiger partial charge in [0.05, 0.1) is 18.9 Å². The Bertz CT molecular complexity index is 521. The number of halogens is 1. The molecule has 0 saturated carbocycles. The first kappa shape index (κ1) is 11.7. The molecule has 0 amide bonds. The zero-order valence-electron chi connectivity index (χ0n) is 9.92. The van der Waals surface area contributed by atoms with Gasteiger partial charge in [-0.15, -0.1) is 0 Å². The zero-order chi connectivity index (χ0) is 12.4. The largest absolute Gasteiger partial charge is 0.378 e. The molecule has 2 heterocycles. The second-order valence-corrected chi connectivity index (χ2v) is 5.13. The summed E-state index contributed by atoms with van der Waals surface area (Å²) in [6.45, 7) is 3.47. The van der Waals surface area contributed by atoms with E-state index >= 15 is 0 Å². The van der Waals surface area contributed by atoms with E-state index in [0.29, 0.717) is 0 Å². The number of hydrogen-bond acceptors (Lipinski definition) is 3. The molecule has 0 aliphatic carbocycles. The minimum Gasteiger partial charge on any atom is -0.378 e. The molecule has 5 heteroatoms. The van der Waals surface area contributed by atoms with E-state index in [1.165, 1.54) is 5.69 Å². The SMILES string of the molecule is Brc1cc(N2CCOCC2)cc(-n2cccn2)c1. The number of nitrogens with zero attached hydrogens (tertiary/aromatic N) is 3. The van der Waals surface area contributed by atoms with Gasteiger partial charge in [0.15, 0.2) is 0 Å². The van der Waals surface area contributed by atoms with Gasteiger partial charge in [0, 0.05) is 35.6 Å². The maximum atomic E-state index is 5.38. The molecule has 0 atom stereocenters. The van der Waals surface area contributed by atoms with E-state index < -0.39 is 0 Å². The van der Waals surface area contributed by atoms with Gasteiger partial charge in [0.25, 0.3) is 0 Å². The Morgan fingerprint density at radius 1 is 1.11 bits per heavy atom. The molecule has 2 aromatic rings. The Morgan fingerprint density at radius 2 is 1.89 bits per heavy atom. The van der Waals surface area contributed by atoms with Crippen LogP contribution in [-0.2, 0) is 4.74 Å². The maximum Gasteiger partial charge on any atom is 0.0677 e. The molecule has 0 spiro atoms. The van der Waals surface area contributed by atoms with Crippen LogP contribution in [0.5, 0.6) is 0 Å². The molecule has 0 N–H and O–H groups in total. The first-order valence-corrected chi connectivity index (χ1v) is 6.75. The van der Waals surface area contributed by atoms with Gasteiger partial charge >= 0.3 is 0 Å². The Hall–Kier alpha value is -1.33. The van der Waals surface area contributed by atoms with Crippen molar-refractivity contribution in [2.45, 2.75) is 0 Å². The fraction of sp³-hybridized carbons (Fsp3) is 0.308. The van der Waals surface area contributed by atoms with Crippen molar-refractivity contribution in [3.63, 3.8) is 0 Å². The van der Waals surface area contributed by atoms with Gasteiger partial charge in [-0.2, -0.15) is 5.10 Å².